The molecular formula is C16H15F3N6OS. The average Bonchev–Trinajstić information content (AvgIpc) is 3.39. The largest absolute Gasteiger partial charge is 0.416 e. The Bertz CT molecular complexity index is 919. The van der Waals surface area contributed by atoms with Crippen LogP contribution in [0.15, 0.2) is 33.9 Å². The van der Waals surface area contributed by atoms with Crippen LogP contribution in [0.2, 0.25) is 0 Å². The molecule has 2 aromatic heterocycles. The summed E-state index contributed by atoms with van der Waals surface area (Å²) in [5, 5.41) is 16.3. The van der Waals surface area contributed by atoms with Gasteiger partial charge in [0.05, 0.1) is 17.4 Å². The smallest absolute Gasteiger partial charge is 0.338 e. The van der Waals surface area contributed by atoms with Gasteiger partial charge in [0.15, 0.2) is 0 Å². The molecule has 0 saturated heterocycles. The summed E-state index contributed by atoms with van der Waals surface area (Å²) in [6.07, 6.45) is 0.0186. The van der Waals surface area contributed by atoms with Crippen molar-refractivity contribution >= 4 is 11.8 Å². The second-order valence-electron chi connectivity index (χ2n) is 6.22. The van der Waals surface area contributed by atoms with Crippen molar-refractivity contribution in [1.82, 2.24) is 30.3 Å². The lowest BCUT2D eigenvalue weighted by atomic mass is 10.1. The van der Waals surface area contributed by atoms with Crippen molar-refractivity contribution in [3.05, 3.63) is 35.7 Å². The zero-order valence-electron chi connectivity index (χ0n) is 14.1. The molecule has 0 N–H and O–H groups in total. The molecule has 0 amide bonds. The van der Waals surface area contributed by atoms with Crippen LogP contribution in [0.3, 0.4) is 0 Å². The van der Waals surface area contributed by atoms with Gasteiger partial charge < -0.3 is 4.52 Å². The fraction of sp³-hybridized carbons (Fsp3) is 0.438. The Balaban J connectivity index is 1.46. The van der Waals surface area contributed by atoms with E-state index in [0.717, 1.165) is 25.0 Å². The van der Waals surface area contributed by atoms with E-state index in [1.54, 1.807) is 0 Å². The second-order valence-corrected chi connectivity index (χ2v) is 7.17. The van der Waals surface area contributed by atoms with E-state index >= 15 is 0 Å². The van der Waals surface area contributed by atoms with Gasteiger partial charge in [-0.2, -0.15) is 18.2 Å². The first kappa shape index (κ1) is 18.0. The molecule has 1 aliphatic carbocycles. The second kappa shape index (κ2) is 7.29. The third-order valence-corrected chi connectivity index (χ3v) is 5.29. The molecule has 0 aliphatic heterocycles. The lowest BCUT2D eigenvalue weighted by Crippen LogP contribution is -2.08. The number of aromatic nitrogens is 6. The van der Waals surface area contributed by atoms with E-state index in [1.165, 1.54) is 36.7 Å². The number of thioether (sulfide) groups is 1. The van der Waals surface area contributed by atoms with Gasteiger partial charge in [0.1, 0.15) is 0 Å². The molecule has 142 valence electrons. The van der Waals surface area contributed by atoms with Crippen LogP contribution in [-0.4, -0.2) is 30.3 Å². The fourth-order valence-electron chi connectivity index (χ4n) is 3.05. The highest BCUT2D eigenvalue weighted by Crippen LogP contribution is 2.33. The standard InChI is InChI=1S/C16H15F3N6OS/c17-16(18,19)11-5-3-4-10(8-11)14-20-13(26-22-14)9-27-15-21-23-24-25(15)12-6-1-2-7-12/h3-5,8,12H,1-2,6-7,9H2. The summed E-state index contributed by atoms with van der Waals surface area (Å²) < 4.78 is 45.5. The molecule has 2 heterocycles. The number of alkyl halides is 3. The summed E-state index contributed by atoms with van der Waals surface area (Å²) in [5.41, 5.74) is -0.503. The predicted molar refractivity (Wildman–Crippen MR) is 89.6 cm³/mol. The van der Waals surface area contributed by atoms with Crippen LogP contribution in [0, 0.1) is 0 Å². The summed E-state index contributed by atoms with van der Waals surface area (Å²) in [4.78, 5) is 4.19. The van der Waals surface area contributed by atoms with Crippen molar-refractivity contribution in [3.8, 4) is 11.4 Å². The monoisotopic (exact) mass is 396 g/mol. The summed E-state index contributed by atoms with van der Waals surface area (Å²) in [7, 11) is 0. The number of tetrazole rings is 1. The van der Waals surface area contributed by atoms with E-state index in [-0.39, 0.29) is 11.4 Å². The highest BCUT2D eigenvalue weighted by molar-refractivity contribution is 7.98. The number of hydrogen-bond donors (Lipinski definition) is 0. The van der Waals surface area contributed by atoms with Crippen molar-refractivity contribution in [2.75, 3.05) is 0 Å². The minimum absolute atomic E-state index is 0.118. The highest BCUT2D eigenvalue weighted by Gasteiger charge is 2.30. The Labute approximate surface area is 156 Å². The molecule has 1 aromatic carbocycles. The van der Waals surface area contributed by atoms with E-state index in [2.05, 4.69) is 25.7 Å². The van der Waals surface area contributed by atoms with E-state index in [1.807, 2.05) is 4.68 Å². The Morgan fingerprint density at radius 1 is 1.22 bits per heavy atom. The highest BCUT2D eigenvalue weighted by atomic mass is 32.2. The van der Waals surface area contributed by atoms with Gasteiger partial charge in [0.2, 0.25) is 16.9 Å². The Hall–Kier alpha value is -2.43. The van der Waals surface area contributed by atoms with Crippen LogP contribution in [0.25, 0.3) is 11.4 Å². The molecule has 0 spiro atoms. The summed E-state index contributed by atoms with van der Waals surface area (Å²) >= 11 is 1.36. The molecule has 0 radical (unpaired) electrons. The van der Waals surface area contributed by atoms with E-state index in [0.29, 0.717) is 22.8 Å². The van der Waals surface area contributed by atoms with Crippen molar-refractivity contribution in [3.63, 3.8) is 0 Å². The quantitative estimate of drug-likeness (QED) is 0.599. The molecule has 1 saturated carbocycles. The van der Waals surface area contributed by atoms with E-state index in [9.17, 15) is 13.2 Å². The molecule has 7 nitrogen and oxygen atoms in total. The van der Waals surface area contributed by atoms with Crippen LogP contribution < -0.4 is 0 Å². The Morgan fingerprint density at radius 2 is 2.04 bits per heavy atom. The van der Waals surface area contributed by atoms with Crippen molar-refractivity contribution in [1.29, 1.82) is 0 Å². The molecule has 0 unspecified atom stereocenters. The molecule has 1 fully saturated rings. The minimum atomic E-state index is -4.42. The summed E-state index contributed by atoms with van der Waals surface area (Å²) in [5.74, 6) is 0.749. The maximum absolute atomic E-state index is 12.8. The number of nitrogens with zero attached hydrogens (tertiary/aromatic N) is 6. The number of benzene rings is 1. The molecule has 4 rings (SSSR count). The maximum atomic E-state index is 12.8. The van der Waals surface area contributed by atoms with Crippen LogP contribution in [0.1, 0.15) is 43.2 Å². The van der Waals surface area contributed by atoms with Crippen molar-refractivity contribution < 1.29 is 17.7 Å². The average molecular weight is 396 g/mol. The Morgan fingerprint density at radius 3 is 2.81 bits per heavy atom. The van der Waals surface area contributed by atoms with Gasteiger partial charge in [-0.3, -0.25) is 0 Å². The predicted octanol–water partition coefficient (Wildman–Crippen LogP) is 4.15. The van der Waals surface area contributed by atoms with Crippen LogP contribution in [-0.2, 0) is 11.9 Å². The van der Waals surface area contributed by atoms with Gasteiger partial charge in [-0.05, 0) is 35.4 Å². The zero-order valence-corrected chi connectivity index (χ0v) is 14.9. The molecule has 27 heavy (non-hydrogen) atoms. The fourth-order valence-corrected chi connectivity index (χ4v) is 3.83. The molecule has 1 aliphatic rings. The first-order chi connectivity index (χ1) is 13.0. The van der Waals surface area contributed by atoms with Crippen molar-refractivity contribution in [2.45, 2.75) is 48.8 Å². The molecular weight excluding hydrogens is 381 g/mol. The van der Waals surface area contributed by atoms with Gasteiger partial charge in [0.25, 0.3) is 0 Å². The lowest BCUT2D eigenvalue weighted by molar-refractivity contribution is -0.137. The summed E-state index contributed by atoms with van der Waals surface area (Å²) in [6.45, 7) is 0. The molecule has 11 heteroatoms. The van der Waals surface area contributed by atoms with Gasteiger partial charge in [0, 0.05) is 5.56 Å². The van der Waals surface area contributed by atoms with Crippen LogP contribution in [0.5, 0.6) is 0 Å². The Kier molecular flexibility index (Phi) is 4.85. The van der Waals surface area contributed by atoms with Crippen LogP contribution in [0.4, 0.5) is 13.2 Å². The number of rotatable bonds is 5. The third kappa shape index (κ3) is 3.97. The number of halogens is 3. The molecule has 0 bridgehead atoms. The molecule has 0 atom stereocenters. The molecule has 3 aromatic rings. The van der Waals surface area contributed by atoms with Crippen LogP contribution >= 0.6 is 11.8 Å². The first-order valence-corrected chi connectivity index (χ1v) is 9.40. The minimum Gasteiger partial charge on any atom is -0.338 e. The number of hydrogen-bond acceptors (Lipinski definition) is 7. The topological polar surface area (TPSA) is 82.5 Å². The maximum Gasteiger partial charge on any atom is 0.416 e. The lowest BCUT2D eigenvalue weighted by Gasteiger charge is -2.09. The summed E-state index contributed by atoms with van der Waals surface area (Å²) in [6, 6.07) is 5.15. The third-order valence-electron chi connectivity index (χ3n) is 4.37. The first-order valence-electron chi connectivity index (χ1n) is 8.41. The van der Waals surface area contributed by atoms with E-state index in [4.69, 9.17) is 4.52 Å². The normalized spacial score (nSPS) is 15.5. The SMILES string of the molecule is FC(F)(F)c1cccc(-c2noc(CSc3nnnn3C3CCCC3)n2)c1. The van der Waals surface area contributed by atoms with Crippen molar-refractivity contribution in [2.24, 2.45) is 0 Å². The van der Waals surface area contributed by atoms with Gasteiger partial charge in [-0.15, -0.1) is 5.10 Å². The zero-order chi connectivity index (χ0) is 18.9. The van der Waals surface area contributed by atoms with Gasteiger partial charge in [-0.1, -0.05) is 41.9 Å². The van der Waals surface area contributed by atoms with E-state index < -0.39 is 11.7 Å². The van der Waals surface area contributed by atoms with Gasteiger partial charge in [-0.25, -0.2) is 4.68 Å². The van der Waals surface area contributed by atoms with Gasteiger partial charge >= 0.3 is 6.18 Å².